The fourth-order valence-electron chi connectivity index (χ4n) is 2.02. The molecule has 0 fully saturated rings. The van der Waals surface area contributed by atoms with E-state index in [9.17, 15) is 14.7 Å². The minimum atomic E-state index is -0.468. The molecular formula is C16H18N2O3. The Balaban J connectivity index is 2.09. The smallest absolute Gasteiger partial charge is 0.255 e. The van der Waals surface area contributed by atoms with E-state index in [-0.39, 0.29) is 23.8 Å². The van der Waals surface area contributed by atoms with Gasteiger partial charge in [-0.2, -0.15) is 0 Å². The topological polar surface area (TPSA) is 78.4 Å². The molecule has 2 aromatic carbocycles. The zero-order valence-electron chi connectivity index (χ0n) is 11.8. The Hall–Kier alpha value is -2.56. The molecule has 0 atom stereocenters. The Bertz CT molecular complexity index is 668. The van der Waals surface area contributed by atoms with E-state index in [0.29, 0.717) is 11.9 Å². The first kappa shape index (κ1) is 14.8. The van der Waals surface area contributed by atoms with Gasteiger partial charge in [0, 0.05) is 11.9 Å². The number of amides is 2. The van der Waals surface area contributed by atoms with Gasteiger partial charge in [-0.15, -0.1) is 0 Å². The van der Waals surface area contributed by atoms with Crippen LogP contribution in [0.1, 0.15) is 23.7 Å². The summed E-state index contributed by atoms with van der Waals surface area (Å²) < 4.78 is 0. The minimum absolute atomic E-state index is 0.0698. The number of rotatable bonds is 5. The van der Waals surface area contributed by atoms with Crippen LogP contribution in [0.3, 0.4) is 0 Å². The van der Waals surface area contributed by atoms with Crippen molar-refractivity contribution < 1.29 is 14.7 Å². The Morgan fingerprint density at radius 3 is 2.62 bits per heavy atom. The monoisotopic (exact) mass is 286 g/mol. The van der Waals surface area contributed by atoms with Crippen LogP contribution in [0, 0.1) is 0 Å². The van der Waals surface area contributed by atoms with Crippen LogP contribution >= 0.6 is 0 Å². The molecule has 0 aromatic heterocycles. The fourth-order valence-corrected chi connectivity index (χ4v) is 2.02. The first-order chi connectivity index (χ1) is 10.1. The molecule has 0 spiro atoms. The molecule has 0 unspecified atom stereocenters. The van der Waals surface area contributed by atoms with Gasteiger partial charge in [-0.1, -0.05) is 37.3 Å². The number of hydrogen-bond acceptors (Lipinski definition) is 3. The normalized spacial score (nSPS) is 10.3. The molecule has 0 heterocycles. The standard InChI is InChI=1S/C16H18N2O3/c1-2-9-17-14(19)10-18-16(21)13-8-7-11-5-3-4-6-12(11)15(13)20/h3-8,20H,2,9-10H2,1H3,(H,17,19)(H,18,21). The van der Waals surface area contributed by atoms with Crippen LogP contribution < -0.4 is 10.6 Å². The summed E-state index contributed by atoms with van der Waals surface area (Å²) in [6, 6.07) is 10.6. The van der Waals surface area contributed by atoms with Crippen molar-refractivity contribution in [1.29, 1.82) is 0 Å². The highest BCUT2D eigenvalue weighted by atomic mass is 16.3. The lowest BCUT2D eigenvalue weighted by atomic mass is 10.0. The number of aromatic hydroxyl groups is 1. The summed E-state index contributed by atoms with van der Waals surface area (Å²) in [5, 5.41) is 16.8. The maximum absolute atomic E-state index is 12.0. The van der Waals surface area contributed by atoms with Crippen molar-refractivity contribution in [2.45, 2.75) is 13.3 Å². The number of phenols is 1. The average Bonchev–Trinajstić information content (AvgIpc) is 2.51. The van der Waals surface area contributed by atoms with Crippen molar-refractivity contribution in [2.75, 3.05) is 13.1 Å². The first-order valence-electron chi connectivity index (χ1n) is 6.89. The zero-order valence-corrected chi connectivity index (χ0v) is 11.8. The molecule has 5 heteroatoms. The number of carbonyl (C=O) groups excluding carboxylic acids is 2. The van der Waals surface area contributed by atoms with E-state index >= 15 is 0 Å². The zero-order chi connectivity index (χ0) is 15.2. The molecule has 0 bridgehead atoms. The Kier molecular flexibility index (Phi) is 4.77. The van der Waals surface area contributed by atoms with Crippen molar-refractivity contribution in [3.05, 3.63) is 42.0 Å². The van der Waals surface area contributed by atoms with E-state index in [0.717, 1.165) is 11.8 Å². The molecule has 0 aliphatic carbocycles. The average molecular weight is 286 g/mol. The lowest BCUT2D eigenvalue weighted by Crippen LogP contribution is -2.37. The number of hydrogen-bond donors (Lipinski definition) is 3. The number of phenolic OH excluding ortho intramolecular Hbond substituents is 1. The third-order valence-corrected chi connectivity index (χ3v) is 3.13. The minimum Gasteiger partial charge on any atom is -0.506 e. The summed E-state index contributed by atoms with van der Waals surface area (Å²) in [6.07, 6.45) is 0.838. The quantitative estimate of drug-likeness (QED) is 0.784. The lowest BCUT2D eigenvalue weighted by molar-refractivity contribution is -0.120. The van der Waals surface area contributed by atoms with Crippen molar-refractivity contribution in [2.24, 2.45) is 0 Å². The third-order valence-electron chi connectivity index (χ3n) is 3.13. The largest absolute Gasteiger partial charge is 0.506 e. The molecule has 21 heavy (non-hydrogen) atoms. The summed E-state index contributed by atoms with van der Waals surface area (Å²) in [7, 11) is 0. The molecule has 0 saturated carbocycles. The molecule has 2 aromatic rings. The molecule has 0 aliphatic rings. The summed E-state index contributed by atoms with van der Waals surface area (Å²) in [6.45, 7) is 2.42. The van der Waals surface area contributed by atoms with Gasteiger partial charge in [0.1, 0.15) is 5.75 Å². The molecular weight excluding hydrogens is 268 g/mol. The number of carbonyl (C=O) groups is 2. The van der Waals surface area contributed by atoms with E-state index in [1.54, 1.807) is 24.3 Å². The highest BCUT2D eigenvalue weighted by Crippen LogP contribution is 2.28. The second-order valence-corrected chi connectivity index (χ2v) is 4.72. The third kappa shape index (κ3) is 3.51. The second kappa shape index (κ2) is 6.74. The fraction of sp³-hybridized carbons (Fsp3) is 0.250. The van der Waals surface area contributed by atoms with Gasteiger partial charge in [0.2, 0.25) is 5.91 Å². The van der Waals surface area contributed by atoms with Gasteiger partial charge in [0.25, 0.3) is 5.91 Å². The van der Waals surface area contributed by atoms with Crippen LogP contribution in [-0.2, 0) is 4.79 Å². The predicted molar refractivity (Wildman–Crippen MR) is 81.2 cm³/mol. The van der Waals surface area contributed by atoms with Crippen molar-refractivity contribution >= 4 is 22.6 Å². The van der Waals surface area contributed by atoms with Crippen LogP contribution in [0.25, 0.3) is 10.8 Å². The summed E-state index contributed by atoms with van der Waals surface area (Å²) in [4.78, 5) is 23.5. The number of fused-ring (bicyclic) bond motifs is 1. The molecule has 110 valence electrons. The van der Waals surface area contributed by atoms with Crippen LogP contribution in [0.5, 0.6) is 5.75 Å². The highest BCUT2D eigenvalue weighted by molar-refractivity contribution is 6.04. The van der Waals surface area contributed by atoms with Gasteiger partial charge in [0.05, 0.1) is 12.1 Å². The van der Waals surface area contributed by atoms with E-state index < -0.39 is 5.91 Å². The van der Waals surface area contributed by atoms with Gasteiger partial charge >= 0.3 is 0 Å². The van der Waals surface area contributed by atoms with Crippen molar-refractivity contribution in [3.8, 4) is 5.75 Å². The number of benzene rings is 2. The lowest BCUT2D eigenvalue weighted by Gasteiger charge is -2.09. The SMILES string of the molecule is CCCNC(=O)CNC(=O)c1ccc2ccccc2c1O. The maximum atomic E-state index is 12.0. The molecule has 3 N–H and O–H groups in total. The van der Waals surface area contributed by atoms with Gasteiger partial charge < -0.3 is 15.7 Å². The van der Waals surface area contributed by atoms with Gasteiger partial charge in [-0.3, -0.25) is 9.59 Å². The first-order valence-corrected chi connectivity index (χ1v) is 6.89. The highest BCUT2D eigenvalue weighted by Gasteiger charge is 2.14. The molecule has 2 amide bonds. The molecule has 0 aliphatic heterocycles. The number of nitrogens with one attached hydrogen (secondary N) is 2. The molecule has 2 rings (SSSR count). The second-order valence-electron chi connectivity index (χ2n) is 4.72. The molecule has 5 nitrogen and oxygen atoms in total. The molecule has 0 radical (unpaired) electrons. The summed E-state index contributed by atoms with van der Waals surface area (Å²) in [5.74, 6) is -0.782. The van der Waals surface area contributed by atoms with Crippen LogP contribution in [0.2, 0.25) is 0 Å². The van der Waals surface area contributed by atoms with E-state index in [2.05, 4.69) is 10.6 Å². The van der Waals surface area contributed by atoms with E-state index in [1.807, 2.05) is 19.1 Å². The van der Waals surface area contributed by atoms with Gasteiger partial charge in [-0.05, 0) is 17.9 Å². The molecule has 0 saturated heterocycles. The Morgan fingerprint density at radius 2 is 1.86 bits per heavy atom. The van der Waals surface area contributed by atoms with E-state index in [1.165, 1.54) is 0 Å². The Labute approximate surface area is 123 Å². The van der Waals surface area contributed by atoms with E-state index in [4.69, 9.17) is 0 Å². The maximum Gasteiger partial charge on any atom is 0.255 e. The van der Waals surface area contributed by atoms with Crippen LogP contribution in [0.15, 0.2) is 36.4 Å². The predicted octanol–water partition coefficient (Wildman–Crippen LogP) is 1.80. The summed E-state index contributed by atoms with van der Waals surface area (Å²) in [5.41, 5.74) is 0.164. The van der Waals surface area contributed by atoms with Crippen molar-refractivity contribution in [3.63, 3.8) is 0 Å². The summed E-state index contributed by atoms with van der Waals surface area (Å²) >= 11 is 0. The van der Waals surface area contributed by atoms with Gasteiger partial charge in [0.15, 0.2) is 0 Å². The van der Waals surface area contributed by atoms with Crippen LogP contribution in [-0.4, -0.2) is 30.0 Å². The van der Waals surface area contributed by atoms with Gasteiger partial charge in [-0.25, -0.2) is 0 Å². The van der Waals surface area contributed by atoms with Crippen LogP contribution in [0.4, 0.5) is 0 Å². The Morgan fingerprint density at radius 1 is 1.10 bits per heavy atom. The van der Waals surface area contributed by atoms with Crippen molar-refractivity contribution in [1.82, 2.24) is 10.6 Å².